The molecule has 0 N–H and O–H groups in total. The number of hydrogen-bond acceptors (Lipinski definition) is 2. The maximum absolute atomic E-state index is 11.3. The average molecular weight is 190 g/mol. The predicted molar refractivity (Wildman–Crippen MR) is 55.0 cm³/mol. The summed E-state index contributed by atoms with van der Waals surface area (Å²) in [5.41, 5.74) is 3.13. The van der Waals surface area contributed by atoms with Crippen molar-refractivity contribution in [3.63, 3.8) is 0 Å². The summed E-state index contributed by atoms with van der Waals surface area (Å²) in [6, 6.07) is 3.85. The standard InChI is InChI=1S/C12H14O2/c1-7-4-5-10(9(3)13)12-11(7)6-8(2)14-12/h4-5,8H,6H2,1-3H3/t8-/m1/s1. The molecule has 0 aromatic heterocycles. The van der Waals surface area contributed by atoms with Gasteiger partial charge in [-0.25, -0.2) is 0 Å². The number of ether oxygens (including phenoxy) is 1. The topological polar surface area (TPSA) is 26.3 Å². The molecule has 0 spiro atoms. The molecule has 74 valence electrons. The van der Waals surface area contributed by atoms with Crippen molar-refractivity contribution >= 4 is 5.78 Å². The molecule has 0 saturated carbocycles. The van der Waals surface area contributed by atoms with Gasteiger partial charge in [0.2, 0.25) is 0 Å². The lowest BCUT2D eigenvalue weighted by Gasteiger charge is -2.07. The third-order valence-corrected chi connectivity index (χ3v) is 2.68. The van der Waals surface area contributed by atoms with E-state index in [9.17, 15) is 4.79 Å². The molecule has 0 aliphatic carbocycles. The lowest BCUT2D eigenvalue weighted by atomic mass is 9.99. The van der Waals surface area contributed by atoms with E-state index in [0.29, 0.717) is 0 Å². The Morgan fingerprint density at radius 2 is 2.21 bits per heavy atom. The summed E-state index contributed by atoms with van der Waals surface area (Å²) in [4.78, 5) is 11.3. The Bertz CT molecular complexity index is 394. The van der Waals surface area contributed by atoms with Gasteiger partial charge in [0.1, 0.15) is 11.9 Å². The van der Waals surface area contributed by atoms with Crippen LogP contribution in [0, 0.1) is 6.92 Å². The first kappa shape index (κ1) is 9.25. The molecule has 1 aliphatic heterocycles. The second-order valence-corrected chi connectivity index (χ2v) is 3.93. The quantitative estimate of drug-likeness (QED) is 0.636. The van der Waals surface area contributed by atoms with Gasteiger partial charge >= 0.3 is 0 Å². The number of carbonyl (C=O) groups is 1. The molecule has 2 heteroatoms. The van der Waals surface area contributed by atoms with E-state index in [1.165, 1.54) is 11.1 Å². The fraction of sp³-hybridized carbons (Fsp3) is 0.417. The van der Waals surface area contributed by atoms with Gasteiger partial charge in [0.25, 0.3) is 0 Å². The van der Waals surface area contributed by atoms with E-state index in [2.05, 4.69) is 6.92 Å². The molecule has 14 heavy (non-hydrogen) atoms. The highest BCUT2D eigenvalue weighted by atomic mass is 16.5. The van der Waals surface area contributed by atoms with E-state index in [1.54, 1.807) is 6.92 Å². The molecule has 1 atom stereocenters. The smallest absolute Gasteiger partial charge is 0.163 e. The normalized spacial score (nSPS) is 18.9. The molecule has 0 fully saturated rings. The Morgan fingerprint density at radius 1 is 1.50 bits per heavy atom. The van der Waals surface area contributed by atoms with E-state index in [1.807, 2.05) is 19.1 Å². The SMILES string of the molecule is CC(=O)c1ccc(C)c2c1O[C@H](C)C2. The Labute approximate surface area is 83.9 Å². The Hall–Kier alpha value is -1.31. The van der Waals surface area contributed by atoms with Crippen LogP contribution in [-0.2, 0) is 6.42 Å². The average Bonchev–Trinajstić information content (AvgIpc) is 2.47. The van der Waals surface area contributed by atoms with Crippen molar-refractivity contribution in [3.05, 3.63) is 28.8 Å². The van der Waals surface area contributed by atoms with Gasteiger partial charge in [-0.15, -0.1) is 0 Å². The van der Waals surface area contributed by atoms with Crippen LogP contribution in [0.1, 0.15) is 35.3 Å². The number of Topliss-reactive ketones (excluding diaryl/α,β-unsaturated/α-hetero) is 1. The molecule has 1 aromatic rings. The monoisotopic (exact) mass is 190 g/mol. The molecule has 0 radical (unpaired) electrons. The molecular formula is C12H14O2. The molecule has 0 saturated heterocycles. The Morgan fingerprint density at radius 3 is 2.86 bits per heavy atom. The van der Waals surface area contributed by atoms with Gasteiger partial charge in [0.15, 0.2) is 5.78 Å². The molecule has 1 aliphatic rings. The van der Waals surface area contributed by atoms with E-state index in [4.69, 9.17) is 4.74 Å². The largest absolute Gasteiger partial charge is 0.489 e. The summed E-state index contributed by atoms with van der Waals surface area (Å²) in [6.07, 6.45) is 1.12. The number of fused-ring (bicyclic) bond motifs is 1. The minimum absolute atomic E-state index is 0.0790. The van der Waals surface area contributed by atoms with Crippen molar-refractivity contribution < 1.29 is 9.53 Å². The van der Waals surface area contributed by atoms with Crippen molar-refractivity contribution in [3.8, 4) is 5.75 Å². The molecule has 2 nitrogen and oxygen atoms in total. The van der Waals surface area contributed by atoms with Crippen molar-refractivity contribution in [2.45, 2.75) is 33.3 Å². The van der Waals surface area contributed by atoms with Crippen LogP contribution < -0.4 is 4.74 Å². The molecule has 2 rings (SSSR count). The van der Waals surface area contributed by atoms with E-state index >= 15 is 0 Å². The summed E-state index contributed by atoms with van der Waals surface area (Å²) >= 11 is 0. The summed E-state index contributed by atoms with van der Waals surface area (Å²) in [7, 11) is 0. The van der Waals surface area contributed by atoms with Gasteiger partial charge in [0, 0.05) is 12.0 Å². The third-order valence-electron chi connectivity index (χ3n) is 2.68. The molecular weight excluding hydrogens is 176 g/mol. The number of benzene rings is 1. The van der Waals surface area contributed by atoms with E-state index in [-0.39, 0.29) is 11.9 Å². The number of carbonyl (C=O) groups excluding carboxylic acids is 1. The third kappa shape index (κ3) is 1.31. The van der Waals surface area contributed by atoms with Crippen LogP contribution in [0.5, 0.6) is 5.75 Å². The van der Waals surface area contributed by atoms with Crippen LogP contribution in [0.2, 0.25) is 0 Å². The summed E-state index contributed by atoms with van der Waals surface area (Å²) < 4.78 is 5.66. The summed E-state index contributed by atoms with van der Waals surface area (Å²) in [6.45, 7) is 5.67. The lowest BCUT2D eigenvalue weighted by molar-refractivity contribution is 0.101. The number of rotatable bonds is 1. The van der Waals surface area contributed by atoms with Crippen molar-refractivity contribution in [2.24, 2.45) is 0 Å². The van der Waals surface area contributed by atoms with Gasteiger partial charge in [-0.3, -0.25) is 4.79 Å². The van der Waals surface area contributed by atoms with Crippen LogP contribution in [0.3, 0.4) is 0 Å². The minimum atomic E-state index is 0.0790. The highest BCUT2D eigenvalue weighted by Gasteiger charge is 2.24. The zero-order chi connectivity index (χ0) is 10.3. The first-order valence-corrected chi connectivity index (χ1v) is 4.89. The molecule has 0 amide bonds. The van der Waals surface area contributed by atoms with Crippen LogP contribution in [-0.4, -0.2) is 11.9 Å². The Kier molecular flexibility index (Phi) is 2.06. The molecule has 0 bridgehead atoms. The van der Waals surface area contributed by atoms with Gasteiger partial charge in [-0.1, -0.05) is 6.07 Å². The van der Waals surface area contributed by atoms with Crippen LogP contribution in [0.25, 0.3) is 0 Å². The lowest BCUT2D eigenvalue weighted by Crippen LogP contribution is -2.06. The van der Waals surface area contributed by atoms with Crippen molar-refractivity contribution in [1.82, 2.24) is 0 Å². The maximum atomic E-state index is 11.3. The fourth-order valence-corrected chi connectivity index (χ4v) is 1.92. The maximum Gasteiger partial charge on any atom is 0.163 e. The molecule has 1 heterocycles. The van der Waals surface area contributed by atoms with Gasteiger partial charge < -0.3 is 4.74 Å². The highest BCUT2D eigenvalue weighted by molar-refractivity contribution is 5.97. The van der Waals surface area contributed by atoms with E-state index < -0.39 is 0 Å². The minimum Gasteiger partial charge on any atom is -0.489 e. The summed E-state index contributed by atoms with van der Waals surface area (Å²) in [5, 5.41) is 0. The number of hydrogen-bond donors (Lipinski definition) is 0. The molecule has 1 aromatic carbocycles. The number of ketones is 1. The second-order valence-electron chi connectivity index (χ2n) is 3.93. The van der Waals surface area contributed by atoms with Crippen LogP contribution in [0.15, 0.2) is 12.1 Å². The summed E-state index contributed by atoms with van der Waals surface area (Å²) in [5.74, 6) is 0.889. The predicted octanol–water partition coefficient (Wildman–Crippen LogP) is 2.52. The zero-order valence-corrected chi connectivity index (χ0v) is 8.76. The highest BCUT2D eigenvalue weighted by Crippen LogP contribution is 2.34. The number of aryl methyl sites for hydroxylation is 1. The zero-order valence-electron chi connectivity index (χ0n) is 8.76. The van der Waals surface area contributed by atoms with E-state index in [0.717, 1.165) is 17.7 Å². The second kappa shape index (κ2) is 3.12. The first-order chi connectivity index (χ1) is 6.59. The van der Waals surface area contributed by atoms with Crippen LogP contribution >= 0.6 is 0 Å². The van der Waals surface area contributed by atoms with Crippen LogP contribution in [0.4, 0.5) is 0 Å². The first-order valence-electron chi connectivity index (χ1n) is 4.89. The van der Waals surface area contributed by atoms with Gasteiger partial charge in [0.05, 0.1) is 5.56 Å². The van der Waals surface area contributed by atoms with Gasteiger partial charge in [-0.05, 0) is 32.4 Å². The van der Waals surface area contributed by atoms with Crippen molar-refractivity contribution in [2.75, 3.05) is 0 Å². The van der Waals surface area contributed by atoms with Crippen molar-refractivity contribution in [1.29, 1.82) is 0 Å². The fourth-order valence-electron chi connectivity index (χ4n) is 1.92. The Balaban J connectivity index is 2.59. The van der Waals surface area contributed by atoms with Gasteiger partial charge in [-0.2, -0.15) is 0 Å². The molecule has 0 unspecified atom stereocenters.